The average Bonchev–Trinajstić information content (AvgIpc) is 2.29. The van der Waals surface area contributed by atoms with Crippen LogP contribution in [0.5, 0.6) is 5.75 Å². The predicted molar refractivity (Wildman–Crippen MR) is 64.7 cm³/mol. The lowest BCUT2D eigenvalue weighted by Gasteiger charge is -2.27. The number of amides is 1. The Balaban J connectivity index is 2.53. The second kappa shape index (κ2) is 4.00. The summed E-state index contributed by atoms with van der Waals surface area (Å²) in [6.07, 6.45) is 2.06. The summed E-state index contributed by atoms with van der Waals surface area (Å²) in [7, 11) is 1.65. The molecule has 1 amide bonds. The van der Waals surface area contributed by atoms with Gasteiger partial charge in [-0.05, 0) is 30.7 Å². The lowest BCUT2D eigenvalue weighted by Crippen LogP contribution is -2.31. The standard InChI is InChI=1S/C13H15NO2/c1-9-6-7-14(10(2)15)13-5-4-11(16-3)8-12(9)13/h4-6,8H,7H2,1-3H3. The molecule has 0 N–H and O–H groups in total. The lowest BCUT2D eigenvalue weighted by molar-refractivity contribution is -0.116. The highest BCUT2D eigenvalue weighted by Gasteiger charge is 2.19. The Bertz CT molecular complexity index is 463. The number of benzene rings is 1. The van der Waals surface area contributed by atoms with Crippen LogP contribution in [0.4, 0.5) is 5.69 Å². The number of carbonyl (C=O) groups excluding carboxylic acids is 1. The Labute approximate surface area is 95.3 Å². The zero-order valence-corrected chi connectivity index (χ0v) is 9.78. The molecule has 2 rings (SSSR count). The van der Waals surface area contributed by atoms with Crippen LogP contribution in [0.25, 0.3) is 5.57 Å². The number of ether oxygens (including phenoxy) is 1. The number of fused-ring (bicyclic) bond motifs is 1. The van der Waals surface area contributed by atoms with Crippen LogP contribution in [0, 0.1) is 0 Å². The second-order valence-corrected chi connectivity index (χ2v) is 3.90. The maximum Gasteiger partial charge on any atom is 0.224 e. The molecule has 0 saturated heterocycles. The average molecular weight is 217 g/mol. The van der Waals surface area contributed by atoms with Gasteiger partial charge in [0.2, 0.25) is 5.91 Å². The third kappa shape index (κ3) is 1.69. The van der Waals surface area contributed by atoms with E-state index in [1.165, 1.54) is 5.57 Å². The number of methoxy groups -OCH3 is 1. The molecule has 84 valence electrons. The Morgan fingerprint density at radius 3 is 2.81 bits per heavy atom. The van der Waals surface area contributed by atoms with Crippen LogP contribution in [-0.2, 0) is 4.79 Å². The van der Waals surface area contributed by atoms with Crippen molar-refractivity contribution in [2.24, 2.45) is 0 Å². The van der Waals surface area contributed by atoms with Crippen molar-refractivity contribution in [3.8, 4) is 5.75 Å². The van der Waals surface area contributed by atoms with Gasteiger partial charge in [0.15, 0.2) is 0 Å². The molecule has 0 spiro atoms. The fourth-order valence-electron chi connectivity index (χ4n) is 1.93. The number of allylic oxidation sites excluding steroid dienone is 1. The molecule has 1 aromatic rings. The monoisotopic (exact) mass is 217 g/mol. The first-order valence-corrected chi connectivity index (χ1v) is 5.26. The van der Waals surface area contributed by atoms with E-state index in [1.807, 2.05) is 18.2 Å². The first-order chi connectivity index (χ1) is 7.63. The minimum absolute atomic E-state index is 0.0650. The number of rotatable bonds is 1. The second-order valence-electron chi connectivity index (χ2n) is 3.90. The first kappa shape index (κ1) is 10.7. The smallest absolute Gasteiger partial charge is 0.224 e. The summed E-state index contributed by atoms with van der Waals surface area (Å²) in [5.74, 6) is 0.882. The van der Waals surface area contributed by atoms with Gasteiger partial charge in [0.25, 0.3) is 0 Å². The Kier molecular flexibility index (Phi) is 2.69. The van der Waals surface area contributed by atoms with Gasteiger partial charge < -0.3 is 9.64 Å². The Hall–Kier alpha value is -1.77. The zero-order valence-electron chi connectivity index (χ0n) is 9.78. The number of hydrogen-bond donors (Lipinski definition) is 0. The molecular weight excluding hydrogens is 202 g/mol. The van der Waals surface area contributed by atoms with E-state index in [1.54, 1.807) is 18.9 Å². The third-order valence-electron chi connectivity index (χ3n) is 2.88. The zero-order chi connectivity index (χ0) is 11.7. The van der Waals surface area contributed by atoms with Gasteiger partial charge in [-0.25, -0.2) is 0 Å². The molecule has 1 heterocycles. The van der Waals surface area contributed by atoms with Crippen LogP contribution in [0.2, 0.25) is 0 Å². The number of nitrogens with zero attached hydrogens (tertiary/aromatic N) is 1. The van der Waals surface area contributed by atoms with Crippen LogP contribution in [0.3, 0.4) is 0 Å². The normalized spacial score (nSPS) is 14.2. The van der Waals surface area contributed by atoms with Crippen molar-refractivity contribution in [1.29, 1.82) is 0 Å². The Morgan fingerprint density at radius 2 is 2.19 bits per heavy atom. The van der Waals surface area contributed by atoms with Crippen LogP contribution >= 0.6 is 0 Å². The van der Waals surface area contributed by atoms with Crippen molar-refractivity contribution < 1.29 is 9.53 Å². The van der Waals surface area contributed by atoms with Crippen LogP contribution in [0.1, 0.15) is 19.4 Å². The first-order valence-electron chi connectivity index (χ1n) is 5.26. The molecule has 1 aliphatic heterocycles. The molecule has 0 aliphatic carbocycles. The van der Waals surface area contributed by atoms with Crippen molar-refractivity contribution in [2.45, 2.75) is 13.8 Å². The highest BCUT2D eigenvalue weighted by Crippen LogP contribution is 2.33. The highest BCUT2D eigenvalue weighted by molar-refractivity contribution is 5.97. The van der Waals surface area contributed by atoms with Crippen molar-refractivity contribution in [3.05, 3.63) is 29.8 Å². The third-order valence-corrected chi connectivity index (χ3v) is 2.88. The van der Waals surface area contributed by atoms with E-state index >= 15 is 0 Å². The van der Waals surface area contributed by atoms with Gasteiger partial charge in [0, 0.05) is 19.0 Å². The van der Waals surface area contributed by atoms with Gasteiger partial charge in [-0.2, -0.15) is 0 Å². The van der Waals surface area contributed by atoms with E-state index in [4.69, 9.17) is 4.74 Å². The molecule has 1 aromatic carbocycles. The summed E-state index contributed by atoms with van der Waals surface area (Å²) in [4.78, 5) is 13.3. The molecule has 0 fully saturated rings. The van der Waals surface area contributed by atoms with Gasteiger partial charge in [-0.1, -0.05) is 6.08 Å². The molecule has 0 radical (unpaired) electrons. The topological polar surface area (TPSA) is 29.5 Å². The summed E-state index contributed by atoms with van der Waals surface area (Å²) < 4.78 is 5.19. The molecule has 0 bridgehead atoms. The highest BCUT2D eigenvalue weighted by atomic mass is 16.5. The fraction of sp³-hybridized carbons (Fsp3) is 0.308. The van der Waals surface area contributed by atoms with E-state index in [2.05, 4.69) is 13.0 Å². The molecule has 3 heteroatoms. The van der Waals surface area contributed by atoms with Gasteiger partial charge in [-0.15, -0.1) is 0 Å². The molecule has 0 unspecified atom stereocenters. The summed E-state index contributed by atoms with van der Waals surface area (Å²) in [5, 5.41) is 0. The molecule has 3 nitrogen and oxygen atoms in total. The summed E-state index contributed by atoms with van der Waals surface area (Å²) in [6.45, 7) is 4.29. The SMILES string of the molecule is COc1ccc2c(c1)C(C)=CCN2C(C)=O. The predicted octanol–water partition coefficient (Wildman–Crippen LogP) is 2.47. The van der Waals surface area contributed by atoms with Crippen LogP contribution in [0.15, 0.2) is 24.3 Å². The van der Waals surface area contributed by atoms with Crippen molar-refractivity contribution in [2.75, 3.05) is 18.6 Å². The van der Waals surface area contributed by atoms with Crippen LogP contribution < -0.4 is 9.64 Å². The van der Waals surface area contributed by atoms with E-state index in [0.717, 1.165) is 17.0 Å². The summed E-state index contributed by atoms with van der Waals surface area (Å²) in [6, 6.07) is 5.79. The Morgan fingerprint density at radius 1 is 1.44 bits per heavy atom. The molecular formula is C13H15NO2. The van der Waals surface area contributed by atoms with E-state index in [9.17, 15) is 4.79 Å². The van der Waals surface area contributed by atoms with Gasteiger partial charge in [0.05, 0.1) is 12.8 Å². The van der Waals surface area contributed by atoms with E-state index in [-0.39, 0.29) is 5.91 Å². The van der Waals surface area contributed by atoms with E-state index in [0.29, 0.717) is 6.54 Å². The van der Waals surface area contributed by atoms with E-state index < -0.39 is 0 Å². The van der Waals surface area contributed by atoms with Gasteiger partial charge in [0.1, 0.15) is 5.75 Å². The minimum atomic E-state index is 0.0650. The van der Waals surface area contributed by atoms with Gasteiger partial charge in [-0.3, -0.25) is 4.79 Å². The molecule has 0 atom stereocenters. The maximum atomic E-state index is 11.5. The lowest BCUT2D eigenvalue weighted by atomic mass is 10.00. The van der Waals surface area contributed by atoms with Crippen molar-refractivity contribution in [3.63, 3.8) is 0 Å². The number of carbonyl (C=O) groups is 1. The van der Waals surface area contributed by atoms with Crippen molar-refractivity contribution in [1.82, 2.24) is 0 Å². The molecule has 16 heavy (non-hydrogen) atoms. The van der Waals surface area contributed by atoms with Gasteiger partial charge >= 0.3 is 0 Å². The maximum absolute atomic E-state index is 11.5. The number of hydrogen-bond acceptors (Lipinski definition) is 2. The summed E-state index contributed by atoms with van der Waals surface area (Å²) >= 11 is 0. The largest absolute Gasteiger partial charge is 0.497 e. The minimum Gasteiger partial charge on any atom is -0.497 e. The van der Waals surface area contributed by atoms with Crippen LogP contribution in [-0.4, -0.2) is 19.6 Å². The van der Waals surface area contributed by atoms with Crippen molar-refractivity contribution >= 4 is 17.2 Å². The fourth-order valence-corrected chi connectivity index (χ4v) is 1.93. The molecule has 0 aromatic heterocycles. The molecule has 1 aliphatic rings. The quantitative estimate of drug-likeness (QED) is 0.723. The molecule has 0 saturated carbocycles. The number of anilines is 1. The summed E-state index contributed by atoms with van der Waals surface area (Å²) in [5.41, 5.74) is 3.22.